The first-order chi connectivity index (χ1) is 13.4. The third kappa shape index (κ3) is 6.28. The lowest BCUT2D eigenvalue weighted by Crippen LogP contribution is -2.43. The SMILES string of the molecule is CCNC(=O)NC(=O)[C@H](OC(=O)[C@@H](C)Oc1ccc(Cl)cc1)c1ccccc1. The number of ether oxygens (including phenoxy) is 2. The van der Waals surface area contributed by atoms with Crippen LogP contribution in [0.25, 0.3) is 0 Å². The van der Waals surface area contributed by atoms with Crippen molar-refractivity contribution in [3.8, 4) is 5.75 Å². The zero-order chi connectivity index (χ0) is 20.5. The molecular formula is C20H21ClN2O5. The van der Waals surface area contributed by atoms with E-state index in [1.165, 1.54) is 6.92 Å². The zero-order valence-corrected chi connectivity index (χ0v) is 16.2. The van der Waals surface area contributed by atoms with Gasteiger partial charge in [-0.3, -0.25) is 10.1 Å². The summed E-state index contributed by atoms with van der Waals surface area (Å²) < 4.78 is 10.9. The fourth-order valence-electron chi connectivity index (χ4n) is 2.26. The van der Waals surface area contributed by atoms with Gasteiger partial charge in [-0.25, -0.2) is 9.59 Å². The van der Waals surface area contributed by atoms with Gasteiger partial charge < -0.3 is 14.8 Å². The number of esters is 1. The van der Waals surface area contributed by atoms with E-state index in [4.69, 9.17) is 21.1 Å². The highest BCUT2D eigenvalue weighted by molar-refractivity contribution is 6.30. The van der Waals surface area contributed by atoms with Gasteiger partial charge in [0, 0.05) is 17.1 Å². The molecule has 2 aromatic rings. The zero-order valence-electron chi connectivity index (χ0n) is 15.5. The molecule has 2 N–H and O–H groups in total. The smallest absolute Gasteiger partial charge is 0.348 e. The van der Waals surface area contributed by atoms with Crippen LogP contribution in [-0.4, -0.2) is 30.6 Å². The second-order valence-electron chi connectivity index (χ2n) is 5.79. The van der Waals surface area contributed by atoms with Crippen LogP contribution in [0.3, 0.4) is 0 Å². The molecule has 7 nitrogen and oxygen atoms in total. The molecule has 0 bridgehead atoms. The molecule has 0 aliphatic carbocycles. The van der Waals surface area contributed by atoms with Crippen molar-refractivity contribution < 1.29 is 23.9 Å². The second-order valence-corrected chi connectivity index (χ2v) is 6.23. The molecule has 2 rings (SSSR count). The number of halogens is 1. The summed E-state index contributed by atoms with van der Waals surface area (Å²) >= 11 is 5.82. The van der Waals surface area contributed by atoms with Crippen molar-refractivity contribution in [1.29, 1.82) is 0 Å². The summed E-state index contributed by atoms with van der Waals surface area (Å²) in [5, 5.41) is 5.14. The lowest BCUT2D eigenvalue weighted by Gasteiger charge is -2.20. The molecule has 2 atom stereocenters. The quantitative estimate of drug-likeness (QED) is 0.691. The topological polar surface area (TPSA) is 93.7 Å². The Morgan fingerprint density at radius 1 is 1.04 bits per heavy atom. The molecule has 0 radical (unpaired) electrons. The van der Waals surface area contributed by atoms with Gasteiger partial charge in [-0.05, 0) is 38.1 Å². The van der Waals surface area contributed by atoms with Gasteiger partial charge in [-0.2, -0.15) is 0 Å². The minimum Gasteiger partial charge on any atom is -0.479 e. The van der Waals surface area contributed by atoms with Crippen LogP contribution in [0.5, 0.6) is 5.75 Å². The maximum atomic E-state index is 12.5. The van der Waals surface area contributed by atoms with Crippen molar-refractivity contribution in [3.05, 3.63) is 65.2 Å². The van der Waals surface area contributed by atoms with E-state index in [-0.39, 0.29) is 0 Å². The monoisotopic (exact) mass is 404 g/mol. The Bertz CT molecular complexity index is 811. The Morgan fingerprint density at radius 2 is 1.68 bits per heavy atom. The van der Waals surface area contributed by atoms with Crippen molar-refractivity contribution in [2.75, 3.05) is 6.54 Å². The number of carbonyl (C=O) groups excluding carboxylic acids is 3. The number of urea groups is 1. The van der Waals surface area contributed by atoms with Gasteiger partial charge in [0.1, 0.15) is 5.75 Å². The van der Waals surface area contributed by atoms with Crippen molar-refractivity contribution in [3.63, 3.8) is 0 Å². The molecule has 0 aromatic heterocycles. The molecule has 3 amide bonds. The van der Waals surface area contributed by atoms with Crippen molar-refractivity contribution in [1.82, 2.24) is 10.6 Å². The van der Waals surface area contributed by atoms with Crippen LogP contribution < -0.4 is 15.4 Å². The van der Waals surface area contributed by atoms with Gasteiger partial charge in [0.05, 0.1) is 0 Å². The summed E-state index contributed by atoms with van der Waals surface area (Å²) in [6.07, 6.45) is -2.28. The molecule has 0 fully saturated rings. The number of carbonyl (C=O) groups is 3. The van der Waals surface area contributed by atoms with Crippen LogP contribution in [0.15, 0.2) is 54.6 Å². The van der Waals surface area contributed by atoms with E-state index in [9.17, 15) is 14.4 Å². The molecule has 0 heterocycles. The van der Waals surface area contributed by atoms with Crippen LogP contribution in [0.4, 0.5) is 4.79 Å². The molecule has 0 aliphatic heterocycles. The number of hydrogen-bond donors (Lipinski definition) is 2. The summed E-state index contributed by atoms with van der Waals surface area (Å²) in [5.41, 5.74) is 0.427. The number of benzene rings is 2. The first kappa shape index (κ1) is 21.2. The molecule has 28 heavy (non-hydrogen) atoms. The minimum absolute atomic E-state index is 0.348. The fourth-order valence-corrected chi connectivity index (χ4v) is 2.39. The molecule has 0 unspecified atom stereocenters. The van der Waals surface area contributed by atoms with Gasteiger partial charge in [0.15, 0.2) is 6.10 Å². The number of nitrogens with one attached hydrogen (secondary N) is 2. The molecule has 0 spiro atoms. The largest absolute Gasteiger partial charge is 0.479 e. The minimum atomic E-state index is -1.30. The first-order valence-electron chi connectivity index (χ1n) is 8.67. The van der Waals surface area contributed by atoms with E-state index in [1.807, 2.05) is 0 Å². The standard InChI is InChI=1S/C20H21ClN2O5/c1-3-22-20(26)23-18(24)17(14-7-5-4-6-8-14)28-19(25)13(2)27-16-11-9-15(21)10-12-16/h4-13,17H,3H2,1-2H3,(H2,22,23,24,26)/t13-,17-/m1/s1. The Morgan fingerprint density at radius 3 is 2.29 bits per heavy atom. The molecule has 2 aromatic carbocycles. The summed E-state index contributed by atoms with van der Waals surface area (Å²) in [6.45, 7) is 3.57. The number of imide groups is 1. The van der Waals surface area contributed by atoms with Gasteiger partial charge in [0.25, 0.3) is 5.91 Å². The Balaban J connectivity index is 2.10. The average Bonchev–Trinajstić information content (AvgIpc) is 2.68. The van der Waals surface area contributed by atoms with E-state index in [0.29, 0.717) is 22.9 Å². The summed E-state index contributed by atoms with van der Waals surface area (Å²) in [5.74, 6) is -1.09. The molecule has 0 aliphatic rings. The highest BCUT2D eigenvalue weighted by Gasteiger charge is 2.29. The van der Waals surface area contributed by atoms with Crippen molar-refractivity contribution >= 4 is 29.5 Å². The Hall–Kier alpha value is -3.06. The van der Waals surface area contributed by atoms with Crippen LogP contribution in [0, 0.1) is 0 Å². The van der Waals surface area contributed by atoms with Gasteiger partial charge in [-0.15, -0.1) is 0 Å². The highest BCUT2D eigenvalue weighted by Crippen LogP contribution is 2.21. The lowest BCUT2D eigenvalue weighted by molar-refractivity contribution is -0.162. The molecule has 148 valence electrons. The van der Waals surface area contributed by atoms with Crippen molar-refractivity contribution in [2.45, 2.75) is 26.1 Å². The van der Waals surface area contributed by atoms with E-state index in [2.05, 4.69) is 10.6 Å². The van der Waals surface area contributed by atoms with Gasteiger partial charge >= 0.3 is 12.0 Å². The van der Waals surface area contributed by atoms with Crippen LogP contribution >= 0.6 is 11.6 Å². The summed E-state index contributed by atoms with van der Waals surface area (Å²) in [4.78, 5) is 36.6. The van der Waals surface area contributed by atoms with E-state index in [1.54, 1.807) is 61.5 Å². The molecule has 8 heteroatoms. The number of hydrogen-bond acceptors (Lipinski definition) is 5. The molecule has 0 saturated heterocycles. The number of amides is 3. The van der Waals surface area contributed by atoms with Gasteiger partial charge in [-0.1, -0.05) is 41.9 Å². The lowest BCUT2D eigenvalue weighted by atomic mass is 10.1. The first-order valence-corrected chi connectivity index (χ1v) is 9.05. The number of rotatable bonds is 7. The predicted octanol–water partition coefficient (Wildman–Crippen LogP) is 3.24. The van der Waals surface area contributed by atoms with Crippen LogP contribution in [0.2, 0.25) is 5.02 Å². The maximum absolute atomic E-state index is 12.5. The highest BCUT2D eigenvalue weighted by atomic mass is 35.5. The third-order valence-corrected chi connectivity index (χ3v) is 3.86. The molecule has 0 saturated carbocycles. The maximum Gasteiger partial charge on any atom is 0.348 e. The summed E-state index contributed by atoms with van der Waals surface area (Å²) in [6, 6.07) is 14.2. The second kappa shape index (κ2) is 10.3. The van der Waals surface area contributed by atoms with Crippen LogP contribution in [0.1, 0.15) is 25.5 Å². The van der Waals surface area contributed by atoms with Crippen molar-refractivity contribution in [2.24, 2.45) is 0 Å². The third-order valence-electron chi connectivity index (χ3n) is 3.61. The molecular weight excluding hydrogens is 384 g/mol. The van der Waals surface area contributed by atoms with Crippen LogP contribution in [-0.2, 0) is 14.3 Å². The van der Waals surface area contributed by atoms with E-state index < -0.39 is 30.1 Å². The Kier molecular flexibility index (Phi) is 7.83. The average molecular weight is 405 g/mol. The predicted molar refractivity (Wildman–Crippen MR) is 104 cm³/mol. The normalized spacial score (nSPS) is 12.4. The van der Waals surface area contributed by atoms with E-state index in [0.717, 1.165) is 0 Å². The summed E-state index contributed by atoms with van der Waals surface area (Å²) in [7, 11) is 0. The van der Waals surface area contributed by atoms with E-state index >= 15 is 0 Å². The fraction of sp³-hybridized carbons (Fsp3) is 0.250. The Labute approximate surface area is 168 Å². The van der Waals surface area contributed by atoms with Gasteiger partial charge in [0.2, 0.25) is 6.10 Å².